The second kappa shape index (κ2) is 8.43. The fourth-order valence-electron chi connectivity index (χ4n) is 2.04. The van der Waals surface area contributed by atoms with Crippen LogP contribution in [0.3, 0.4) is 0 Å². The molecule has 1 aromatic carbocycles. The third kappa shape index (κ3) is 5.09. The van der Waals surface area contributed by atoms with Crippen LogP contribution in [0.15, 0.2) is 24.3 Å². The molecule has 0 aliphatic heterocycles. The molecule has 0 aromatic heterocycles. The van der Waals surface area contributed by atoms with Crippen LogP contribution in [-0.2, 0) is 4.79 Å². The van der Waals surface area contributed by atoms with Crippen molar-refractivity contribution in [2.45, 2.75) is 39.7 Å². The van der Waals surface area contributed by atoms with Crippen molar-refractivity contribution >= 4 is 11.6 Å². The molecule has 0 saturated heterocycles. The first kappa shape index (κ1) is 16.3. The molecule has 1 aromatic rings. The lowest BCUT2D eigenvalue weighted by molar-refractivity contribution is -0.121. The summed E-state index contributed by atoms with van der Waals surface area (Å²) in [5.41, 5.74) is 3.27. The van der Waals surface area contributed by atoms with Crippen LogP contribution in [-0.4, -0.2) is 25.1 Å². The van der Waals surface area contributed by atoms with Crippen molar-refractivity contribution in [3.63, 3.8) is 0 Å². The summed E-state index contributed by atoms with van der Waals surface area (Å²) in [5, 5.41) is 0. The number of nitrogens with zero attached hydrogens (tertiary/aromatic N) is 1. The van der Waals surface area contributed by atoms with Gasteiger partial charge in [0.25, 0.3) is 0 Å². The molecule has 0 radical (unpaired) electrons. The van der Waals surface area contributed by atoms with E-state index in [0.717, 1.165) is 24.5 Å². The fourth-order valence-corrected chi connectivity index (χ4v) is 2.04. The van der Waals surface area contributed by atoms with Crippen molar-refractivity contribution < 1.29 is 9.53 Å². The molecule has 0 aliphatic rings. The Labute approximate surface area is 121 Å². The normalized spacial score (nSPS) is 11.8. The van der Waals surface area contributed by atoms with E-state index in [0.29, 0.717) is 12.8 Å². The number of ether oxygens (including phenoxy) is 1. The number of hydrazine groups is 1. The summed E-state index contributed by atoms with van der Waals surface area (Å²) in [7, 11) is 0. The minimum atomic E-state index is -0.169. The first-order valence-corrected chi connectivity index (χ1v) is 7.11. The van der Waals surface area contributed by atoms with Crippen LogP contribution in [0.5, 0.6) is 5.75 Å². The number of hydrogen-bond acceptors (Lipinski definition) is 4. The molecule has 0 spiro atoms. The highest BCUT2D eigenvalue weighted by Gasteiger charge is 2.09. The van der Waals surface area contributed by atoms with Gasteiger partial charge in [0.2, 0.25) is 5.91 Å². The van der Waals surface area contributed by atoms with E-state index in [-0.39, 0.29) is 12.0 Å². The van der Waals surface area contributed by atoms with Crippen molar-refractivity contribution in [3.05, 3.63) is 24.3 Å². The number of benzene rings is 1. The number of hydrogen-bond donors (Lipinski definition) is 2. The maximum absolute atomic E-state index is 11.1. The fraction of sp³-hybridized carbons (Fsp3) is 0.533. The van der Waals surface area contributed by atoms with E-state index < -0.39 is 0 Å². The summed E-state index contributed by atoms with van der Waals surface area (Å²) in [6.07, 6.45) is 0.977. The van der Waals surface area contributed by atoms with E-state index in [1.165, 1.54) is 0 Å². The second-order valence-electron chi connectivity index (χ2n) is 4.70. The molecule has 1 rings (SSSR count). The van der Waals surface area contributed by atoms with E-state index in [1.54, 1.807) is 0 Å². The van der Waals surface area contributed by atoms with Crippen molar-refractivity contribution in [3.8, 4) is 5.75 Å². The Kier molecular flexibility index (Phi) is 6.87. The SMILES string of the molecule is CCN(CC)c1cccc(OC(C)CCC(=O)NN)c1. The summed E-state index contributed by atoms with van der Waals surface area (Å²) < 4.78 is 5.84. The predicted molar refractivity (Wildman–Crippen MR) is 81.7 cm³/mol. The minimum Gasteiger partial charge on any atom is -0.491 e. The monoisotopic (exact) mass is 279 g/mol. The summed E-state index contributed by atoms with van der Waals surface area (Å²) in [5.74, 6) is 5.71. The van der Waals surface area contributed by atoms with Crippen LogP contribution in [0.1, 0.15) is 33.6 Å². The Morgan fingerprint density at radius 3 is 2.70 bits per heavy atom. The summed E-state index contributed by atoms with van der Waals surface area (Å²) in [4.78, 5) is 13.4. The maximum atomic E-state index is 11.1. The minimum absolute atomic E-state index is 0.0285. The molecule has 0 heterocycles. The van der Waals surface area contributed by atoms with Gasteiger partial charge in [-0.05, 0) is 39.3 Å². The van der Waals surface area contributed by atoms with Crippen LogP contribution in [0.25, 0.3) is 0 Å². The number of amides is 1. The van der Waals surface area contributed by atoms with Gasteiger partial charge in [-0.1, -0.05) is 6.07 Å². The van der Waals surface area contributed by atoms with Crippen LogP contribution in [0, 0.1) is 0 Å². The molecule has 0 bridgehead atoms. The van der Waals surface area contributed by atoms with Gasteiger partial charge in [-0.15, -0.1) is 0 Å². The van der Waals surface area contributed by atoms with E-state index in [9.17, 15) is 4.79 Å². The number of carbonyl (C=O) groups excluding carboxylic acids is 1. The molecule has 0 saturated carbocycles. The number of anilines is 1. The van der Waals surface area contributed by atoms with Crippen LogP contribution >= 0.6 is 0 Å². The molecule has 5 nitrogen and oxygen atoms in total. The summed E-state index contributed by atoms with van der Waals surface area (Å²) >= 11 is 0. The molecule has 1 unspecified atom stereocenters. The number of rotatable bonds is 8. The molecular formula is C15H25N3O2. The molecule has 3 N–H and O–H groups in total. The Bertz CT molecular complexity index is 419. The van der Waals surface area contributed by atoms with Crippen LogP contribution in [0.4, 0.5) is 5.69 Å². The third-order valence-corrected chi connectivity index (χ3v) is 3.22. The highest BCUT2D eigenvalue weighted by molar-refractivity contribution is 5.75. The van der Waals surface area contributed by atoms with Crippen molar-refractivity contribution in [2.24, 2.45) is 5.84 Å². The van der Waals surface area contributed by atoms with Gasteiger partial charge in [-0.3, -0.25) is 10.2 Å². The van der Waals surface area contributed by atoms with Gasteiger partial charge in [0.15, 0.2) is 0 Å². The predicted octanol–water partition coefficient (Wildman–Crippen LogP) is 2.07. The molecular weight excluding hydrogens is 254 g/mol. The average Bonchev–Trinajstić information content (AvgIpc) is 2.46. The number of nitrogens with two attached hydrogens (primary N) is 1. The van der Waals surface area contributed by atoms with Gasteiger partial charge >= 0.3 is 0 Å². The molecule has 1 amide bonds. The first-order chi connectivity index (χ1) is 9.60. The first-order valence-electron chi connectivity index (χ1n) is 7.11. The molecule has 112 valence electrons. The largest absolute Gasteiger partial charge is 0.491 e. The maximum Gasteiger partial charge on any atom is 0.234 e. The number of carbonyl (C=O) groups is 1. The van der Waals surface area contributed by atoms with Gasteiger partial charge in [-0.25, -0.2) is 5.84 Å². The van der Waals surface area contributed by atoms with Gasteiger partial charge in [0.05, 0.1) is 6.10 Å². The van der Waals surface area contributed by atoms with Gasteiger partial charge < -0.3 is 9.64 Å². The molecule has 1 atom stereocenters. The van der Waals surface area contributed by atoms with Crippen molar-refractivity contribution in [1.29, 1.82) is 0 Å². The molecule has 5 heteroatoms. The lowest BCUT2D eigenvalue weighted by Gasteiger charge is -2.22. The Morgan fingerprint density at radius 2 is 2.10 bits per heavy atom. The second-order valence-corrected chi connectivity index (χ2v) is 4.70. The van der Waals surface area contributed by atoms with Crippen LogP contribution < -0.4 is 20.9 Å². The Balaban J connectivity index is 2.59. The van der Waals surface area contributed by atoms with E-state index in [4.69, 9.17) is 10.6 Å². The average molecular weight is 279 g/mol. The zero-order chi connectivity index (χ0) is 15.0. The topological polar surface area (TPSA) is 67.6 Å². The standard InChI is InChI=1S/C15H25N3O2/c1-4-18(5-2)13-7-6-8-14(11-13)20-12(3)9-10-15(19)17-16/h6-8,11-12H,4-5,9-10,16H2,1-3H3,(H,17,19). The van der Waals surface area contributed by atoms with E-state index >= 15 is 0 Å². The highest BCUT2D eigenvalue weighted by Crippen LogP contribution is 2.22. The van der Waals surface area contributed by atoms with Crippen molar-refractivity contribution in [1.82, 2.24) is 5.43 Å². The van der Waals surface area contributed by atoms with Gasteiger partial charge in [0, 0.05) is 31.3 Å². The third-order valence-electron chi connectivity index (χ3n) is 3.22. The Morgan fingerprint density at radius 1 is 1.40 bits per heavy atom. The molecule has 20 heavy (non-hydrogen) atoms. The Hall–Kier alpha value is -1.75. The lowest BCUT2D eigenvalue weighted by atomic mass is 10.2. The summed E-state index contributed by atoms with van der Waals surface area (Å²) in [6.45, 7) is 8.14. The zero-order valence-electron chi connectivity index (χ0n) is 12.6. The smallest absolute Gasteiger partial charge is 0.234 e. The number of nitrogens with one attached hydrogen (secondary N) is 1. The van der Waals surface area contributed by atoms with Gasteiger partial charge in [-0.2, -0.15) is 0 Å². The lowest BCUT2D eigenvalue weighted by Crippen LogP contribution is -2.30. The summed E-state index contributed by atoms with van der Waals surface area (Å²) in [6, 6.07) is 8.04. The molecule has 0 fully saturated rings. The van der Waals surface area contributed by atoms with Crippen LogP contribution in [0.2, 0.25) is 0 Å². The van der Waals surface area contributed by atoms with E-state index in [1.807, 2.05) is 25.1 Å². The van der Waals surface area contributed by atoms with Gasteiger partial charge in [0.1, 0.15) is 5.75 Å². The molecule has 0 aliphatic carbocycles. The quantitative estimate of drug-likeness (QED) is 0.434. The van der Waals surface area contributed by atoms with E-state index in [2.05, 4.69) is 30.2 Å². The zero-order valence-corrected chi connectivity index (χ0v) is 12.6. The highest BCUT2D eigenvalue weighted by atomic mass is 16.5. The van der Waals surface area contributed by atoms with Crippen molar-refractivity contribution in [2.75, 3.05) is 18.0 Å².